The third-order valence-corrected chi connectivity index (χ3v) is 5.38. The summed E-state index contributed by atoms with van der Waals surface area (Å²) in [6.45, 7) is 6.42. The van der Waals surface area contributed by atoms with Crippen LogP contribution >= 0.6 is 0 Å². The maximum Gasteiger partial charge on any atom is 0.534 e. The van der Waals surface area contributed by atoms with E-state index in [4.69, 9.17) is 4.74 Å². The number of aromatic nitrogens is 1. The Hall–Kier alpha value is -2.76. The van der Waals surface area contributed by atoms with E-state index in [1.165, 1.54) is 12.1 Å². The summed E-state index contributed by atoms with van der Waals surface area (Å²) >= 11 is 0. The van der Waals surface area contributed by atoms with Crippen molar-refractivity contribution < 1.29 is 35.3 Å². The van der Waals surface area contributed by atoms with Crippen LogP contribution in [-0.2, 0) is 14.9 Å². The molecule has 1 aromatic heterocycles. The minimum Gasteiger partial charge on any atom is -0.444 e. The summed E-state index contributed by atoms with van der Waals surface area (Å²) < 4.78 is 69.5. The van der Waals surface area contributed by atoms with Crippen molar-refractivity contribution in [3.05, 3.63) is 30.5 Å². The molecule has 1 unspecified atom stereocenters. The van der Waals surface area contributed by atoms with E-state index in [1.54, 1.807) is 33.0 Å². The zero-order valence-electron chi connectivity index (χ0n) is 17.1. The van der Waals surface area contributed by atoms with E-state index in [0.717, 1.165) is 6.07 Å². The monoisotopic (exact) mass is 461 g/mol. The molecule has 2 heterocycles. The molecule has 0 radical (unpaired) electrons. The molecule has 1 aliphatic rings. The lowest BCUT2D eigenvalue weighted by atomic mass is 10.2. The molecule has 8 nitrogen and oxygen atoms in total. The standard InChI is InChI=1S/C19H22F3N3O5S/c1-18(2,3)29-17(26)24-13-6-7-25(11-13)14-8-12-9-15(4-5-16(12)23-10-14)30-31(27,28)19(20,21)22/h4-5,8-10,13H,6-7,11H2,1-3H3,(H,24,26). The number of fused-ring (bicyclic) bond motifs is 1. The summed E-state index contributed by atoms with van der Waals surface area (Å²) in [6.07, 6.45) is 1.76. The van der Waals surface area contributed by atoms with Gasteiger partial charge >= 0.3 is 21.7 Å². The molecule has 1 saturated heterocycles. The highest BCUT2D eigenvalue weighted by Gasteiger charge is 2.48. The lowest BCUT2D eigenvalue weighted by molar-refractivity contribution is -0.0500. The van der Waals surface area contributed by atoms with Gasteiger partial charge in [0.1, 0.15) is 11.4 Å². The number of halogens is 3. The van der Waals surface area contributed by atoms with Crippen LogP contribution < -0.4 is 14.4 Å². The van der Waals surface area contributed by atoms with Gasteiger partial charge in [0.25, 0.3) is 0 Å². The maximum atomic E-state index is 12.5. The van der Waals surface area contributed by atoms with Crippen molar-refractivity contribution in [1.29, 1.82) is 0 Å². The van der Waals surface area contributed by atoms with Gasteiger partial charge in [0.2, 0.25) is 0 Å². The summed E-state index contributed by atoms with van der Waals surface area (Å²) in [4.78, 5) is 18.2. The molecule has 1 N–H and O–H groups in total. The quantitative estimate of drug-likeness (QED) is 0.549. The molecule has 0 bridgehead atoms. The maximum absolute atomic E-state index is 12.5. The summed E-state index contributed by atoms with van der Waals surface area (Å²) in [5.74, 6) is -0.463. The first-order valence-corrected chi connectivity index (χ1v) is 10.8. The lowest BCUT2D eigenvalue weighted by Gasteiger charge is -2.22. The van der Waals surface area contributed by atoms with Crippen molar-refractivity contribution in [3.8, 4) is 5.75 Å². The van der Waals surface area contributed by atoms with E-state index < -0.39 is 33.1 Å². The fourth-order valence-electron chi connectivity index (χ4n) is 3.08. The number of anilines is 1. The number of amides is 1. The fourth-order valence-corrected chi connectivity index (χ4v) is 3.54. The Kier molecular flexibility index (Phi) is 5.96. The van der Waals surface area contributed by atoms with Crippen molar-refractivity contribution >= 4 is 32.8 Å². The van der Waals surface area contributed by atoms with E-state index in [0.29, 0.717) is 36.1 Å². The molecular formula is C19H22F3N3O5S. The van der Waals surface area contributed by atoms with Crippen LogP contribution in [0.3, 0.4) is 0 Å². The minimum atomic E-state index is -5.76. The first-order valence-electron chi connectivity index (χ1n) is 9.38. The van der Waals surface area contributed by atoms with Gasteiger partial charge in [-0.15, -0.1) is 0 Å². The van der Waals surface area contributed by atoms with Gasteiger partial charge in [-0.3, -0.25) is 4.98 Å². The van der Waals surface area contributed by atoms with Gasteiger partial charge in [-0.25, -0.2) is 4.79 Å². The Labute approximate surface area is 177 Å². The third kappa shape index (κ3) is 5.69. The van der Waals surface area contributed by atoms with Crippen LogP contribution in [0, 0.1) is 0 Å². The topological polar surface area (TPSA) is 97.8 Å². The number of pyridine rings is 1. The second-order valence-corrected chi connectivity index (χ2v) is 9.65. The van der Waals surface area contributed by atoms with Gasteiger partial charge in [0.15, 0.2) is 0 Å². The normalized spacial score (nSPS) is 17.6. The Bertz CT molecular complexity index is 1080. The number of hydrogen-bond donors (Lipinski definition) is 1. The van der Waals surface area contributed by atoms with Gasteiger partial charge in [0.05, 0.1) is 23.4 Å². The summed E-state index contributed by atoms with van der Waals surface area (Å²) in [5.41, 5.74) is -4.99. The molecule has 0 saturated carbocycles. The average Bonchev–Trinajstić information content (AvgIpc) is 3.06. The molecule has 170 valence electrons. The highest BCUT2D eigenvalue weighted by Crippen LogP contribution is 2.30. The average molecular weight is 461 g/mol. The van der Waals surface area contributed by atoms with Gasteiger partial charge in [-0.05, 0) is 51.5 Å². The number of hydrogen-bond acceptors (Lipinski definition) is 7. The first kappa shape index (κ1) is 22.9. The zero-order chi connectivity index (χ0) is 23.0. The molecule has 12 heteroatoms. The number of alkyl halides is 3. The van der Waals surface area contributed by atoms with E-state index in [1.807, 2.05) is 4.90 Å². The van der Waals surface area contributed by atoms with Crippen LogP contribution in [-0.4, -0.2) is 49.7 Å². The van der Waals surface area contributed by atoms with Crippen LogP contribution in [0.4, 0.5) is 23.7 Å². The number of benzene rings is 1. The summed E-state index contributed by atoms with van der Waals surface area (Å²) in [6, 6.07) is 5.19. The number of ether oxygens (including phenoxy) is 1. The Morgan fingerprint density at radius 2 is 1.94 bits per heavy atom. The van der Waals surface area contributed by atoms with Gasteiger partial charge < -0.3 is 19.1 Å². The van der Waals surface area contributed by atoms with Gasteiger partial charge in [-0.1, -0.05) is 0 Å². The number of rotatable bonds is 4. The molecule has 1 amide bonds. The van der Waals surface area contributed by atoms with Crippen LogP contribution in [0.2, 0.25) is 0 Å². The molecular weight excluding hydrogens is 439 g/mol. The predicted octanol–water partition coefficient (Wildman–Crippen LogP) is 3.57. The Morgan fingerprint density at radius 1 is 1.23 bits per heavy atom. The number of nitrogens with one attached hydrogen (secondary N) is 1. The molecule has 2 aromatic rings. The highest BCUT2D eigenvalue weighted by molar-refractivity contribution is 7.88. The number of carbonyl (C=O) groups excluding carboxylic acids is 1. The summed E-state index contributed by atoms with van der Waals surface area (Å²) in [7, 11) is -5.76. The third-order valence-electron chi connectivity index (χ3n) is 4.40. The molecule has 3 rings (SSSR count). The highest BCUT2D eigenvalue weighted by atomic mass is 32.2. The molecule has 1 atom stereocenters. The number of carbonyl (C=O) groups is 1. The fraction of sp³-hybridized carbons (Fsp3) is 0.474. The number of nitrogens with zero attached hydrogens (tertiary/aromatic N) is 2. The minimum absolute atomic E-state index is 0.142. The molecule has 1 aromatic carbocycles. The lowest BCUT2D eigenvalue weighted by Crippen LogP contribution is -2.40. The van der Waals surface area contributed by atoms with Crippen molar-refractivity contribution in [3.63, 3.8) is 0 Å². The van der Waals surface area contributed by atoms with Gasteiger partial charge in [0, 0.05) is 18.5 Å². The first-order chi connectivity index (χ1) is 14.2. The molecule has 0 aliphatic carbocycles. The van der Waals surface area contributed by atoms with Gasteiger partial charge in [-0.2, -0.15) is 21.6 Å². The second kappa shape index (κ2) is 8.06. The van der Waals surface area contributed by atoms with Crippen LogP contribution in [0.1, 0.15) is 27.2 Å². The molecule has 1 aliphatic heterocycles. The van der Waals surface area contributed by atoms with Crippen molar-refractivity contribution in [1.82, 2.24) is 10.3 Å². The van der Waals surface area contributed by atoms with E-state index in [-0.39, 0.29) is 6.04 Å². The SMILES string of the molecule is CC(C)(C)OC(=O)NC1CCN(c2cnc3ccc(OS(=O)(=O)C(F)(F)F)cc3c2)C1. The van der Waals surface area contributed by atoms with E-state index >= 15 is 0 Å². The van der Waals surface area contributed by atoms with Crippen molar-refractivity contribution in [2.75, 3.05) is 18.0 Å². The Morgan fingerprint density at radius 3 is 2.58 bits per heavy atom. The Balaban J connectivity index is 1.73. The summed E-state index contributed by atoms with van der Waals surface area (Å²) in [5, 5.41) is 3.22. The van der Waals surface area contributed by atoms with Crippen LogP contribution in [0.15, 0.2) is 30.5 Å². The predicted molar refractivity (Wildman–Crippen MR) is 107 cm³/mol. The molecule has 0 spiro atoms. The molecule has 1 fully saturated rings. The number of alkyl carbamates (subject to hydrolysis) is 1. The van der Waals surface area contributed by atoms with E-state index in [2.05, 4.69) is 14.5 Å². The molecule has 31 heavy (non-hydrogen) atoms. The van der Waals surface area contributed by atoms with Crippen LogP contribution in [0.25, 0.3) is 10.9 Å². The van der Waals surface area contributed by atoms with Crippen molar-refractivity contribution in [2.24, 2.45) is 0 Å². The smallest absolute Gasteiger partial charge is 0.444 e. The van der Waals surface area contributed by atoms with E-state index in [9.17, 15) is 26.4 Å². The largest absolute Gasteiger partial charge is 0.534 e. The van der Waals surface area contributed by atoms with Crippen molar-refractivity contribution in [2.45, 2.75) is 44.3 Å². The van der Waals surface area contributed by atoms with Crippen LogP contribution in [0.5, 0.6) is 5.75 Å². The zero-order valence-corrected chi connectivity index (χ0v) is 17.9. The second-order valence-electron chi connectivity index (χ2n) is 8.11.